The highest BCUT2D eigenvalue weighted by Crippen LogP contribution is 2.28. The number of halogens is 7. The molecular weight excluding hydrogens is 594 g/mol. The van der Waals surface area contributed by atoms with Crippen molar-refractivity contribution in [2.45, 2.75) is 57.7 Å². The van der Waals surface area contributed by atoms with Gasteiger partial charge in [0.05, 0.1) is 6.04 Å². The second-order valence-electron chi connectivity index (χ2n) is 9.84. The first kappa shape index (κ1) is 34.2. The Labute approximate surface area is 244 Å². The van der Waals surface area contributed by atoms with Crippen LogP contribution in [0.3, 0.4) is 0 Å². The van der Waals surface area contributed by atoms with Crippen LogP contribution >= 0.6 is 23.2 Å². The van der Waals surface area contributed by atoms with Gasteiger partial charge in [0.15, 0.2) is 5.78 Å². The number of hydrogen-bond donors (Lipinski definition) is 2. The molecule has 2 rings (SSSR count). The van der Waals surface area contributed by atoms with Crippen molar-refractivity contribution in [3.8, 4) is 0 Å². The van der Waals surface area contributed by atoms with Crippen molar-refractivity contribution in [3.63, 3.8) is 0 Å². The van der Waals surface area contributed by atoms with Crippen molar-refractivity contribution in [3.05, 3.63) is 69.7 Å². The van der Waals surface area contributed by atoms with Crippen LogP contribution in [-0.4, -0.2) is 48.1 Å². The summed E-state index contributed by atoms with van der Waals surface area (Å²) in [5, 5.41) is 4.35. The Hall–Kier alpha value is -3.05. The Morgan fingerprint density at radius 2 is 1.46 bits per heavy atom. The molecule has 0 bridgehead atoms. The third kappa shape index (κ3) is 11.0. The molecular formula is C28H29Cl2F5N2O4. The lowest BCUT2D eigenvalue weighted by Gasteiger charge is -2.26. The van der Waals surface area contributed by atoms with Crippen molar-refractivity contribution in [2.24, 2.45) is 11.8 Å². The van der Waals surface area contributed by atoms with E-state index in [9.17, 15) is 41.1 Å². The average molecular weight is 623 g/mol. The predicted molar refractivity (Wildman–Crippen MR) is 144 cm³/mol. The van der Waals surface area contributed by atoms with E-state index in [-0.39, 0.29) is 19.3 Å². The van der Waals surface area contributed by atoms with Gasteiger partial charge in [-0.15, -0.1) is 0 Å². The molecule has 0 aliphatic heterocycles. The topological polar surface area (TPSA) is 92.3 Å². The molecule has 0 aliphatic carbocycles. The highest BCUT2D eigenvalue weighted by Gasteiger charge is 2.51. The van der Waals surface area contributed by atoms with Gasteiger partial charge in [0.25, 0.3) is 5.91 Å². The molecule has 0 saturated heterocycles. The fraction of sp³-hybridized carbons (Fsp3) is 0.429. The van der Waals surface area contributed by atoms with Crippen molar-refractivity contribution < 1.29 is 41.1 Å². The first-order chi connectivity index (χ1) is 19.0. The number of amides is 2. The molecule has 0 heterocycles. The summed E-state index contributed by atoms with van der Waals surface area (Å²) in [6.45, 7) is 0.674. The van der Waals surface area contributed by atoms with E-state index in [2.05, 4.69) is 5.32 Å². The van der Waals surface area contributed by atoms with Gasteiger partial charge in [-0.05, 0) is 48.1 Å². The summed E-state index contributed by atoms with van der Waals surface area (Å²) < 4.78 is 66.4. The summed E-state index contributed by atoms with van der Waals surface area (Å²) in [6, 6.07) is 12.1. The molecule has 2 amide bonds. The van der Waals surface area contributed by atoms with Crippen LogP contribution in [0.25, 0.3) is 0 Å². The zero-order valence-electron chi connectivity index (χ0n) is 22.2. The van der Waals surface area contributed by atoms with Gasteiger partial charge in [-0.25, -0.2) is 0 Å². The maximum Gasteiger partial charge on any atom is 0.405 e. The summed E-state index contributed by atoms with van der Waals surface area (Å²) in [4.78, 5) is 50.6. The van der Waals surface area contributed by atoms with Gasteiger partial charge < -0.3 is 10.6 Å². The van der Waals surface area contributed by atoms with Crippen molar-refractivity contribution >= 4 is 46.6 Å². The van der Waals surface area contributed by atoms with E-state index < -0.39 is 66.3 Å². The lowest BCUT2D eigenvalue weighted by Crippen LogP contribution is -2.52. The normalized spacial score (nSPS) is 13.4. The number of alkyl halides is 5. The van der Waals surface area contributed by atoms with Crippen molar-refractivity contribution in [1.82, 2.24) is 10.6 Å². The third-order valence-corrected chi connectivity index (χ3v) is 6.61. The van der Waals surface area contributed by atoms with E-state index in [1.807, 2.05) is 0 Å². The highest BCUT2D eigenvalue weighted by atomic mass is 35.5. The summed E-state index contributed by atoms with van der Waals surface area (Å²) in [6.07, 6.45) is -5.61. The third-order valence-electron chi connectivity index (χ3n) is 6.18. The number of Topliss-reactive ketones (excluding diaryl/α,β-unsaturated/α-hetero) is 2. The van der Waals surface area contributed by atoms with Gasteiger partial charge in [-0.3, -0.25) is 19.2 Å². The van der Waals surface area contributed by atoms with Crippen molar-refractivity contribution in [1.29, 1.82) is 0 Å². The molecule has 6 nitrogen and oxygen atoms in total. The number of nitrogens with one attached hydrogen (secondary N) is 2. The second-order valence-corrected chi connectivity index (χ2v) is 10.7. The lowest BCUT2D eigenvalue weighted by molar-refractivity contribution is -0.167. The second kappa shape index (κ2) is 14.7. The molecule has 0 unspecified atom stereocenters. The van der Waals surface area contributed by atoms with Gasteiger partial charge in [-0.1, -0.05) is 67.4 Å². The zero-order chi connectivity index (χ0) is 31.0. The number of aryl methyl sites for hydroxylation is 1. The van der Waals surface area contributed by atoms with Gasteiger partial charge in [0.2, 0.25) is 11.7 Å². The smallest absolute Gasteiger partial charge is 0.346 e. The molecule has 41 heavy (non-hydrogen) atoms. The molecule has 2 N–H and O–H groups in total. The lowest BCUT2D eigenvalue weighted by atomic mass is 9.82. The number of hydrogen-bond acceptors (Lipinski definition) is 4. The molecule has 13 heteroatoms. The van der Waals surface area contributed by atoms with Gasteiger partial charge in [0.1, 0.15) is 6.54 Å². The Kier molecular flexibility index (Phi) is 12.3. The van der Waals surface area contributed by atoms with Crippen LogP contribution < -0.4 is 10.6 Å². The van der Waals surface area contributed by atoms with Crippen molar-refractivity contribution in [2.75, 3.05) is 6.54 Å². The van der Waals surface area contributed by atoms with Gasteiger partial charge in [-0.2, -0.15) is 22.0 Å². The molecule has 0 fully saturated rings. The Balaban J connectivity index is 2.20. The molecule has 2 aromatic carbocycles. The number of benzene rings is 2. The average Bonchev–Trinajstić information content (AvgIpc) is 2.87. The van der Waals surface area contributed by atoms with E-state index in [0.29, 0.717) is 21.2 Å². The van der Waals surface area contributed by atoms with Crippen LogP contribution in [0.15, 0.2) is 48.5 Å². The van der Waals surface area contributed by atoms with Crippen LogP contribution in [0, 0.1) is 11.8 Å². The highest BCUT2D eigenvalue weighted by molar-refractivity contribution is 6.34. The molecule has 0 saturated carbocycles. The first-order valence-corrected chi connectivity index (χ1v) is 13.3. The standard InChI is InChI=1S/C28H29Cl2F5N2O4/c1-16(2)21(25(40)28(34,35)26(41)36-15-27(31,32)33)14-23(38)22(12-17-6-4-3-5-7-17)37-24(39)9-8-18-10-19(29)13-20(30)11-18/h3-7,10-11,13,16,21-22H,8-9,12,14-15H2,1-2H3,(H,36,41)(H,37,39)/t21-,22-/m0/s1. The van der Waals surface area contributed by atoms with E-state index >= 15 is 0 Å². The summed E-state index contributed by atoms with van der Waals surface area (Å²) in [5.41, 5.74) is 1.30. The summed E-state index contributed by atoms with van der Waals surface area (Å²) >= 11 is 12.0. The van der Waals surface area contributed by atoms with Gasteiger partial charge in [0, 0.05) is 28.8 Å². The number of carbonyl (C=O) groups is 4. The molecule has 0 spiro atoms. The monoisotopic (exact) mass is 622 g/mol. The number of carbonyl (C=O) groups excluding carboxylic acids is 4. The van der Waals surface area contributed by atoms with E-state index in [1.165, 1.54) is 19.9 Å². The Morgan fingerprint density at radius 1 is 0.878 bits per heavy atom. The molecule has 224 valence electrons. The number of ketones is 2. The molecule has 0 radical (unpaired) electrons. The first-order valence-electron chi connectivity index (χ1n) is 12.6. The molecule has 0 aromatic heterocycles. The maximum absolute atomic E-state index is 14.6. The number of rotatable bonds is 14. The summed E-state index contributed by atoms with van der Waals surface area (Å²) in [7, 11) is 0. The predicted octanol–water partition coefficient (Wildman–Crippen LogP) is 5.77. The van der Waals surface area contributed by atoms with E-state index in [1.54, 1.807) is 42.5 Å². The van der Waals surface area contributed by atoms with Crippen LogP contribution in [-0.2, 0) is 32.0 Å². The molecule has 2 aromatic rings. The molecule has 0 aliphatic rings. The minimum atomic E-state index is -4.97. The summed E-state index contributed by atoms with van der Waals surface area (Å²) in [5.74, 6) is -13.1. The Morgan fingerprint density at radius 3 is 2.00 bits per heavy atom. The minimum absolute atomic E-state index is 0.0180. The van der Waals surface area contributed by atoms with Crippen LogP contribution in [0.5, 0.6) is 0 Å². The van der Waals surface area contributed by atoms with Crippen LogP contribution in [0.2, 0.25) is 10.0 Å². The molecule has 2 atom stereocenters. The quantitative estimate of drug-likeness (QED) is 0.207. The fourth-order valence-electron chi connectivity index (χ4n) is 4.00. The van der Waals surface area contributed by atoms with E-state index in [4.69, 9.17) is 23.2 Å². The Bertz CT molecular complexity index is 1220. The SMILES string of the molecule is CC(C)[C@H](CC(=O)[C@H](Cc1ccccc1)NC(=O)CCc1cc(Cl)cc(Cl)c1)C(=O)C(F)(F)C(=O)NCC(F)(F)F. The van der Waals surface area contributed by atoms with E-state index in [0.717, 1.165) is 5.32 Å². The zero-order valence-corrected chi connectivity index (χ0v) is 23.7. The fourth-order valence-corrected chi connectivity index (χ4v) is 4.57. The largest absolute Gasteiger partial charge is 0.405 e. The maximum atomic E-state index is 14.6. The van der Waals surface area contributed by atoms with Crippen LogP contribution in [0.4, 0.5) is 22.0 Å². The minimum Gasteiger partial charge on any atom is -0.346 e. The van der Waals surface area contributed by atoms with Crippen LogP contribution in [0.1, 0.15) is 37.8 Å². The van der Waals surface area contributed by atoms with Gasteiger partial charge >= 0.3 is 12.1 Å².